The maximum absolute atomic E-state index is 4.40. The first-order valence-electron chi connectivity index (χ1n) is 8.09. The molecule has 2 rings (SSSR count). The molecule has 1 aliphatic carbocycles. The van der Waals surface area contributed by atoms with Gasteiger partial charge in [0.2, 0.25) is 0 Å². The number of aromatic nitrogens is 2. The Morgan fingerprint density at radius 2 is 2.11 bits per heavy atom. The predicted molar refractivity (Wildman–Crippen MR) is 80.0 cm³/mol. The first kappa shape index (κ1) is 14.6. The van der Waals surface area contributed by atoms with Crippen LogP contribution in [0.25, 0.3) is 0 Å². The summed E-state index contributed by atoms with van der Waals surface area (Å²) in [5.41, 5.74) is 1.33. The van der Waals surface area contributed by atoms with Crippen molar-refractivity contribution >= 4 is 0 Å². The van der Waals surface area contributed by atoms with E-state index in [0.29, 0.717) is 6.04 Å². The molecule has 0 aromatic carbocycles. The fraction of sp³-hybridized carbons (Fsp3) is 0.812. The summed E-state index contributed by atoms with van der Waals surface area (Å²) < 4.78 is 2.14. The molecule has 1 unspecified atom stereocenters. The van der Waals surface area contributed by atoms with Crippen molar-refractivity contribution in [2.24, 2.45) is 5.92 Å². The molecule has 1 aliphatic rings. The van der Waals surface area contributed by atoms with Crippen LogP contribution in [0.5, 0.6) is 0 Å². The van der Waals surface area contributed by atoms with E-state index >= 15 is 0 Å². The molecule has 1 fully saturated rings. The Kier molecular flexibility index (Phi) is 5.90. The van der Waals surface area contributed by atoms with Crippen LogP contribution in [0.1, 0.15) is 64.5 Å². The van der Waals surface area contributed by atoms with E-state index in [0.717, 1.165) is 25.4 Å². The van der Waals surface area contributed by atoms with E-state index in [1.807, 2.05) is 6.20 Å². The van der Waals surface area contributed by atoms with Gasteiger partial charge in [-0.05, 0) is 37.7 Å². The summed E-state index contributed by atoms with van der Waals surface area (Å²) in [6.45, 7) is 6.52. The molecule has 0 radical (unpaired) electrons. The molecule has 19 heavy (non-hydrogen) atoms. The van der Waals surface area contributed by atoms with E-state index in [4.69, 9.17) is 0 Å². The number of hydrogen-bond acceptors (Lipinski definition) is 2. The number of rotatable bonds is 7. The van der Waals surface area contributed by atoms with Gasteiger partial charge in [0.05, 0.1) is 5.69 Å². The summed E-state index contributed by atoms with van der Waals surface area (Å²) in [5.74, 6) is 0.890. The van der Waals surface area contributed by atoms with Gasteiger partial charge in [0.1, 0.15) is 0 Å². The molecular weight excluding hydrogens is 234 g/mol. The minimum atomic E-state index is 0.685. The first-order valence-corrected chi connectivity index (χ1v) is 8.09. The molecule has 1 aromatic rings. The second kappa shape index (κ2) is 7.68. The third-order valence-corrected chi connectivity index (χ3v) is 4.44. The summed E-state index contributed by atoms with van der Waals surface area (Å²) in [5, 5.41) is 8.18. The lowest BCUT2D eigenvalue weighted by Crippen LogP contribution is -2.36. The van der Waals surface area contributed by atoms with Crippen LogP contribution in [0.2, 0.25) is 0 Å². The molecule has 0 spiro atoms. The number of nitrogens with zero attached hydrogens (tertiary/aromatic N) is 2. The molecule has 1 heterocycles. The van der Waals surface area contributed by atoms with E-state index in [1.165, 1.54) is 44.2 Å². The summed E-state index contributed by atoms with van der Waals surface area (Å²) in [4.78, 5) is 0. The molecule has 3 heteroatoms. The Balaban J connectivity index is 1.86. The van der Waals surface area contributed by atoms with Crippen molar-refractivity contribution in [3.8, 4) is 0 Å². The van der Waals surface area contributed by atoms with Crippen LogP contribution in [0.3, 0.4) is 0 Å². The smallest absolute Gasteiger partial charge is 0.0522 e. The zero-order chi connectivity index (χ0) is 13.5. The molecular formula is C16H29N3. The standard InChI is InChI=1S/C16H29N3/c1-3-12-19-15(10-11-18-19)13-17-16(4-2)14-8-6-5-7-9-14/h10-11,14,16-17H,3-9,12-13H2,1-2H3. The average Bonchev–Trinajstić information content (AvgIpc) is 2.89. The Morgan fingerprint density at radius 3 is 2.79 bits per heavy atom. The highest BCUT2D eigenvalue weighted by Crippen LogP contribution is 2.27. The monoisotopic (exact) mass is 263 g/mol. The lowest BCUT2D eigenvalue weighted by Gasteiger charge is -2.30. The quantitative estimate of drug-likeness (QED) is 0.812. The fourth-order valence-electron chi connectivity index (χ4n) is 3.34. The van der Waals surface area contributed by atoms with E-state index in [2.05, 4.69) is 35.0 Å². The Labute approximate surface area is 117 Å². The molecule has 1 N–H and O–H groups in total. The van der Waals surface area contributed by atoms with Crippen molar-refractivity contribution in [3.05, 3.63) is 18.0 Å². The van der Waals surface area contributed by atoms with Crippen molar-refractivity contribution in [1.29, 1.82) is 0 Å². The normalized spacial score (nSPS) is 18.6. The number of aryl methyl sites for hydroxylation is 1. The van der Waals surface area contributed by atoms with Crippen molar-refractivity contribution in [3.63, 3.8) is 0 Å². The van der Waals surface area contributed by atoms with Gasteiger partial charge in [0.15, 0.2) is 0 Å². The molecule has 0 saturated heterocycles. The van der Waals surface area contributed by atoms with Crippen LogP contribution in [0.15, 0.2) is 12.3 Å². The number of nitrogens with one attached hydrogen (secondary N) is 1. The Hall–Kier alpha value is -0.830. The van der Waals surface area contributed by atoms with Gasteiger partial charge in [0.25, 0.3) is 0 Å². The van der Waals surface area contributed by atoms with E-state index < -0.39 is 0 Å². The van der Waals surface area contributed by atoms with E-state index in [-0.39, 0.29) is 0 Å². The topological polar surface area (TPSA) is 29.9 Å². The van der Waals surface area contributed by atoms with Crippen LogP contribution in [-0.2, 0) is 13.1 Å². The molecule has 3 nitrogen and oxygen atoms in total. The summed E-state index contributed by atoms with van der Waals surface area (Å²) in [6, 6.07) is 2.83. The Bertz CT molecular complexity index is 353. The van der Waals surface area contributed by atoms with Gasteiger partial charge in [0, 0.05) is 25.3 Å². The van der Waals surface area contributed by atoms with Crippen molar-refractivity contribution in [2.45, 2.75) is 77.9 Å². The molecule has 1 aromatic heterocycles. The summed E-state index contributed by atoms with van der Waals surface area (Å²) >= 11 is 0. The third kappa shape index (κ3) is 4.07. The summed E-state index contributed by atoms with van der Waals surface area (Å²) in [6.07, 6.45) is 11.4. The van der Waals surface area contributed by atoms with Gasteiger partial charge in [-0.3, -0.25) is 4.68 Å². The van der Waals surface area contributed by atoms with Gasteiger partial charge < -0.3 is 5.32 Å². The first-order chi connectivity index (χ1) is 9.35. The summed E-state index contributed by atoms with van der Waals surface area (Å²) in [7, 11) is 0. The Morgan fingerprint density at radius 1 is 1.32 bits per heavy atom. The third-order valence-electron chi connectivity index (χ3n) is 4.44. The largest absolute Gasteiger partial charge is 0.308 e. The second-order valence-electron chi connectivity index (χ2n) is 5.84. The van der Waals surface area contributed by atoms with Crippen LogP contribution in [0, 0.1) is 5.92 Å². The van der Waals surface area contributed by atoms with Gasteiger partial charge in [-0.15, -0.1) is 0 Å². The van der Waals surface area contributed by atoms with Gasteiger partial charge in [-0.25, -0.2) is 0 Å². The van der Waals surface area contributed by atoms with Crippen LogP contribution < -0.4 is 5.32 Å². The van der Waals surface area contributed by atoms with Gasteiger partial charge in [-0.1, -0.05) is 33.1 Å². The lowest BCUT2D eigenvalue weighted by atomic mass is 9.83. The second-order valence-corrected chi connectivity index (χ2v) is 5.84. The molecule has 0 amide bonds. The highest BCUT2D eigenvalue weighted by molar-refractivity contribution is 5.00. The molecule has 0 aliphatic heterocycles. The number of hydrogen-bond donors (Lipinski definition) is 1. The van der Waals surface area contributed by atoms with Crippen molar-refractivity contribution < 1.29 is 0 Å². The van der Waals surface area contributed by atoms with Crippen molar-refractivity contribution in [2.75, 3.05) is 0 Å². The minimum absolute atomic E-state index is 0.685. The predicted octanol–water partition coefficient (Wildman–Crippen LogP) is 3.74. The van der Waals surface area contributed by atoms with Gasteiger partial charge in [-0.2, -0.15) is 5.10 Å². The fourth-order valence-corrected chi connectivity index (χ4v) is 3.34. The van der Waals surface area contributed by atoms with Gasteiger partial charge >= 0.3 is 0 Å². The maximum Gasteiger partial charge on any atom is 0.0522 e. The lowest BCUT2D eigenvalue weighted by molar-refractivity contribution is 0.260. The zero-order valence-electron chi connectivity index (χ0n) is 12.6. The highest BCUT2D eigenvalue weighted by atomic mass is 15.3. The van der Waals surface area contributed by atoms with E-state index in [9.17, 15) is 0 Å². The molecule has 1 atom stereocenters. The SMILES string of the molecule is CCCn1nccc1CNC(CC)C1CCCCC1. The minimum Gasteiger partial charge on any atom is -0.308 e. The molecule has 0 bridgehead atoms. The van der Waals surface area contributed by atoms with Crippen LogP contribution in [0.4, 0.5) is 0 Å². The maximum atomic E-state index is 4.40. The molecule has 108 valence electrons. The van der Waals surface area contributed by atoms with Crippen LogP contribution in [-0.4, -0.2) is 15.8 Å². The highest BCUT2D eigenvalue weighted by Gasteiger charge is 2.21. The van der Waals surface area contributed by atoms with E-state index in [1.54, 1.807) is 0 Å². The molecule has 1 saturated carbocycles. The van der Waals surface area contributed by atoms with Crippen LogP contribution >= 0.6 is 0 Å². The average molecular weight is 263 g/mol. The van der Waals surface area contributed by atoms with Crippen molar-refractivity contribution in [1.82, 2.24) is 15.1 Å². The zero-order valence-corrected chi connectivity index (χ0v) is 12.6.